The zero-order chi connectivity index (χ0) is 23.6. The lowest BCUT2D eigenvalue weighted by molar-refractivity contribution is -0.141. The second-order valence-corrected chi connectivity index (χ2v) is 8.17. The summed E-state index contributed by atoms with van der Waals surface area (Å²) < 4.78 is 68.0. The standard InChI is InChI=1S/C18H15F5N3OPS.C2H6/c1-25(2)16(27)14-7-6-13(29-14)12-9-15(17(19,20)21)24-26(12)11-5-3-4-10(8-11)18(22,23)28;1-2/h3-9H,28H2,1-2H3;1-2H3. The lowest BCUT2D eigenvalue weighted by Gasteiger charge is -2.13. The molecule has 0 aliphatic carbocycles. The predicted octanol–water partition coefficient (Wildman–Crippen LogP) is 6.27. The highest BCUT2D eigenvalue weighted by Crippen LogP contribution is 2.38. The number of thiophene rings is 1. The molecule has 1 atom stereocenters. The molecule has 0 aliphatic rings. The summed E-state index contributed by atoms with van der Waals surface area (Å²) in [5, 5.41) is 3.59. The highest BCUT2D eigenvalue weighted by atomic mass is 32.1. The molecule has 0 saturated carbocycles. The largest absolute Gasteiger partial charge is 0.435 e. The van der Waals surface area contributed by atoms with Crippen LogP contribution in [0.4, 0.5) is 22.0 Å². The van der Waals surface area contributed by atoms with E-state index in [1.54, 1.807) is 14.1 Å². The Bertz CT molecular complexity index is 1050. The first kappa shape index (κ1) is 24.9. The van der Waals surface area contributed by atoms with Gasteiger partial charge in [0, 0.05) is 19.7 Å². The molecule has 0 spiro atoms. The summed E-state index contributed by atoms with van der Waals surface area (Å²) in [6.07, 6.45) is -4.72. The summed E-state index contributed by atoms with van der Waals surface area (Å²) in [6, 6.07) is 8.78. The maximum absolute atomic E-state index is 13.6. The number of hydrogen-bond acceptors (Lipinski definition) is 3. The van der Waals surface area contributed by atoms with Gasteiger partial charge in [-0.1, -0.05) is 35.2 Å². The van der Waals surface area contributed by atoms with Crippen LogP contribution in [0.3, 0.4) is 0 Å². The Morgan fingerprint density at radius 2 is 1.71 bits per heavy atom. The molecule has 3 aromatic rings. The van der Waals surface area contributed by atoms with Crippen LogP contribution in [0.15, 0.2) is 42.5 Å². The molecular formula is C20H21F5N3OPS. The average molecular weight is 477 g/mol. The van der Waals surface area contributed by atoms with Crippen LogP contribution in [0.2, 0.25) is 0 Å². The third-order valence-electron chi connectivity index (χ3n) is 3.95. The molecule has 0 bridgehead atoms. The van der Waals surface area contributed by atoms with E-state index >= 15 is 0 Å². The van der Waals surface area contributed by atoms with Gasteiger partial charge in [0.2, 0.25) is 0 Å². The number of hydrogen-bond donors (Lipinski definition) is 0. The summed E-state index contributed by atoms with van der Waals surface area (Å²) in [7, 11) is 4.50. The highest BCUT2D eigenvalue weighted by molar-refractivity contribution is 7.17. The van der Waals surface area contributed by atoms with Gasteiger partial charge in [0.1, 0.15) is 0 Å². The highest BCUT2D eigenvalue weighted by Gasteiger charge is 2.36. The van der Waals surface area contributed by atoms with E-state index in [0.29, 0.717) is 9.75 Å². The maximum Gasteiger partial charge on any atom is 0.435 e. The van der Waals surface area contributed by atoms with Crippen LogP contribution >= 0.6 is 20.6 Å². The molecule has 31 heavy (non-hydrogen) atoms. The normalized spacial score (nSPS) is 11.7. The van der Waals surface area contributed by atoms with Crippen molar-refractivity contribution in [3.8, 4) is 16.3 Å². The Labute approximate surface area is 182 Å². The van der Waals surface area contributed by atoms with E-state index in [4.69, 9.17) is 0 Å². The number of amides is 1. The number of halogens is 5. The van der Waals surface area contributed by atoms with Crippen molar-refractivity contribution in [2.75, 3.05) is 14.1 Å². The van der Waals surface area contributed by atoms with Gasteiger partial charge in [-0.05, 0) is 30.3 Å². The molecule has 0 fully saturated rings. The van der Waals surface area contributed by atoms with E-state index in [1.165, 1.54) is 44.5 Å². The van der Waals surface area contributed by atoms with Gasteiger partial charge in [-0.2, -0.15) is 27.1 Å². The molecular weight excluding hydrogens is 456 g/mol. The SMILES string of the molecule is CC.CN(C)C(=O)c1ccc(-c2cc(C(F)(F)F)nn2-c2cccc(C(F)(F)P)c2)s1. The molecule has 1 amide bonds. The van der Waals surface area contributed by atoms with E-state index in [-0.39, 0.29) is 22.9 Å². The van der Waals surface area contributed by atoms with Crippen molar-refractivity contribution in [1.82, 2.24) is 14.7 Å². The minimum atomic E-state index is -4.72. The van der Waals surface area contributed by atoms with E-state index in [9.17, 15) is 26.7 Å². The fourth-order valence-electron chi connectivity index (χ4n) is 2.55. The van der Waals surface area contributed by atoms with Crippen LogP contribution in [0.1, 0.15) is 34.8 Å². The second kappa shape index (κ2) is 9.44. The van der Waals surface area contributed by atoms with Gasteiger partial charge in [-0.25, -0.2) is 4.68 Å². The number of nitrogens with zero attached hydrogens (tertiary/aromatic N) is 3. The monoisotopic (exact) mass is 477 g/mol. The molecule has 0 aliphatic heterocycles. The van der Waals surface area contributed by atoms with E-state index in [1.807, 2.05) is 13.8 Å². The van der Waals surface area contributed by atoms with Crippen LogP contribution in [-0.2, 0) is 11.8 Å². The fourth-order valence-corrected chi connectivity index (χ4v) is 3.76. The summed E-state index contributed by atoms with van der Waals surface area (Å²) >= 11 is 0.993. The Morgan fingerprint density at radius 3 is 2.26 bits per heavy atom. The third-order valence-corrected chi connectivity index (χ3v) is 5.38. The van der Waals surface area contributed by atoms with Gasteiger partial charge < -0.3 is 4.90 Å². The number of carbonyl (C=O) groups excluding carboxylic acids is 1. The number of benzene rings is 1. The molecule has 1 unspecified atom stereocenters. The van der Waals surface area contributed by atoms with Crippen molar-refractivity contribution >= 4 is 26.5 Å². The molecule has 4 nitrogen and oxygen atoms in total. The zero-order valence-corrected chi connectivity index (χ0v) is 19.1. The number of alkyl halides is 5. The van der Waals surface area contributed by atoms with Gasteiger partial charge >= 0.3 is 6.18 Å². The van der Waals surface area contributed by atoms with Crippen LogP contribution in [-0.4, -0.2) is 34.7 Å². The Hall–Kier alpha value is -2.32. The number of rotatable bonds is 4. The fraction of sp³-hybridized carbons (Fsp3) is 0.300. The molecule has 0 radical (unpaired) electrons. The third kappa shape index (κ3) is 5.68. The van der Waals surface area contributed by atoms with Gasteiger partial charge in [-0.3, -0.25) is 4.79 Å². The summed E-state index contributed by atoms with van der Waals surface area (Å²) in [6.45, 7) is 4.00. The predicted molar refractivity (Wildman–Crippen MR) is 115 cm³/mol. The van der Waals surface area contributed by atoms with Crippen molar-refractivity contribution in [3.63, 3.8) is 0 Å². The molecule has 2 heterocycles. The van der Waals surface area contributed by atoms with Crippen LogP contribution in [0, 0.1) is 0 Å². The van der Waals surface area contributed by atoms with E-state index in [0.717, 1.165) is 28.2 Å². The van der Waals surface area contributed by atoms with Gasteiger partial charge in [0.15, 0.2) is 5.69 Å². The lowest BCUT2D eigenvalue weighted by atomic mass is 10.2. The molecule has 2 aromatic heterocycles. The number of aromatic nitrogens is 2. The molecule has 3 rings (SSSR count). The first-order valence-corrected chi connectivity index (χ1v) is 10.5. The minimum Gasteiger partial charge on any atom is -0.344 e. The van der Waals surface area contributed by atoms with E-state index < -0.39 is 17.5 Å². The van der Waals surface area contributed by atoms with Gasteiger partial charge in [-0.15, -0.1) is 11.3 Å². The zero-order valence-electron chi connectivity index (χ0n) is 17.2. The lowest BCUT2D eigenvalue weighted by Crippen LogP contribution is -2.20. The van der Waals surface area contributed by atoms with Crippen molar-refractivity contribution in [1.29, 1.82) is 0 Å². The van der Waals surface area contributed by atoms with Crippen LogP contribution in [0.5, 0.6) is 0 Å². The quantitative estimate of drug-likeness (QED) is 0.328. The van der Waals surface area contributed by atoms with Crippen molar-refractivity contribution < 1.29 is 26.7 Å². The topological polar surface area (TPSA) is 38.1 Å². The first-order chi connectivity index (χ1) is 14.4. The number of carbonyl (C=O) groups is 1. The molecule has 168 valence electrons. The van der Waals surface area contributed by atoms with Gasteiger partial charge in [0.05, 0.1) is 21.1 Å². The summed E-state index contributed by atoms with van der Waals surface area (Å²) in [4.78, 5) is 14.1. The van der Waals surface area contributed by atoms with E-state index in [2.05, 4.69) is 5.10 Å². The molecule has 0 N–H and O–H groups in total. The van der Waals surface area contributed by atoms with Crippen molar-refractivity contribution in [2.45, 2.75) is 25.7 Å². The van der Waals surface area contributed by atoms with Crippen molar-refractivity contribution in [3.05, 3.63) is 58.6 Å². The minimum absolute atomic E-state index is 0.0454. The van der Waals surface area contributed by atoms with Crippen molar-refractivity contribution in [2.24, 2.45) is 0 Å². The summed E-state index contributed by atoms with van der Waals surface area (Å²) in [5.41, 5.74) is -4.70. The maximum atomic E-state index is 13.6. The second-order valence-electron chi connectivity index (χ2n) is 6.36. The first-order valence-electron chi connectivity index (χ1n) is 9.14. The smallest absolute Gasteiger partial charge is 0.344 e. The Morgan fingerprint density at radius 1 is 1.06 bits per heavy atom. The average Bonchev–Trinajstić information content (AvgIpc) is 3.35. The molecule has 0 saturated heterocycles. The molecule has 11 heteroatoms. The molecule has 1 aromatic carbocycles. The Balaban J connectivity index is 0.00000166. The van der Waals surface area contributed by atoms with Gasteiger partial charge in [0.25, 0.3) is 11.6 Å². The Kier molecular flexibility index (Phi) is 7.60. The van der Waals surface area contributed by atoms with Crippen LogP contribution < -0.4 is 0 Å². The summed E-state index contributed by atoms with van der Waals surface area (Å²) in [5.74, 6) is -0.298. The van der Waals surface area contributed by atoms with Crippen LogP contribution in [0.25, 0.3) is 16.3 Å².